The van der Waals surface area contributed by atoms with E-state index in [1.807, 2.05) is 14.0 Å². The van der Waals surface area contributed by atoms with Gasteiger partial charge in [-0.15, -0.1) is 0 Å². The lowest BCUT2D eigenvalue weighted by Gasteiger charge is -2.30. The highest BCUT2D eigenvalue weighted by molar-refractivity contribution is 4.74. The Morgan fingerprint density at radius 2 is 2.00 bits per heavy atom. The Labute approximate surface area is 88.5 Å². The van der Waals surface area contributed by atoms with Crippen LogP contribution in [0.4, 0.5) is 0 Å². The molecule has 0 saturated heterocycles. The van der Waals surface area contributed by atoms with E-state index in [0.717, 1.165) is 26.1 Å². The minimum atomic E-state index is -0.190. The molecule has 0 bridgehead atoms. The zero-order chi connectivity index (χ0) is 11.2. The zero-order valence-electron chi connectivity index (χ0n) is 10.3. The fourth-order valence-electron chi connectivity index (χ4n) is 1.75. The van der Waals surface area contributed by atoms with Crippen molar-refractivity contribution in [3.8, 4) is 0 Å². The molecule has 0 aliphatic rings. The van der Waals surface area contributed by atoms with Crippen LogP contribution >= 0.6 is 0 Å². The molecule has 0 saturated carbocycles. The van der Waals surface area contributed by atoms with Crippen LogP contribution in [-0.2, 0) is 0 Å². The summed E-state index contributed by atoms with van der Waals surface area (Å²) in [5.41, 5.74) is 0.294. The highest BCUT2D eigenvalue weighted by atomic mass is 16.3. The van der Waals surface area contributed by atoms with Gasteiger partial charge in [0.05, 0.1) is 6.10 Å². The van der Waals surface area contributed by atoms with Crippen molar-refractivity contribution < 1.29 is 5.11 Å². The lowest BCUT2D eigenvalue weighted by atomic mass is 9.93. The maximum atomic E-state index is 9.16. The van der Waals surface area contributed by atoms with Crippen LogP contribution in [0.2, 0.25) is 0 Å². The lowest BCUT2D eigenvalue weighted by molar-refractivity contribution is 0.146. The molecule has 0 aromatic heterocycles. The van der Waals surface area contributed by atoms with Gasteiger partial charge >= 0.3 is 0 Å². The number of rotatable bonds is 7. The highest BCUT2D eigenvalue weighted by Gasteiger charge is 2.18. The van der Waals surface area contributed by atoms with Crippen LogP contribution in [0, 0.1) is 5.41 Å². The van der Waals surface area contributed by atoms with E-state index in [4.69, 9.17) is 5.11 Å². The minimum absolute atomic E-state index is 0.190. The van der Waals surface area contributed by atoms with E-state index in [9.17, 15) is 0 Å². The highest BCUT2D eigenvalue weighted by Crippen LogP contribution is 2.14. The molecule has 1 unspecified atom stereocenters. The van der Waals surface area contributed by atoms with Gasteiger partial charge in [0.15, 0.2) is 0 Å². The third-order valence-electron chi connectivity index (χ3n) is 2.28. The van der Waals surface area contributed by atoms with Crippen LogP contribution < -0.4 is 5.32 Å². The zero-order valence-corrected chi connectivity index (χ0v) is 10.3. The van der Waals surface area contributed by atoms with Crippen molar-refractivity contribution in [2.45, 2.75) is 33.3 Å². The molecule has 0 heterocycles. The molecular weight excluding hydrogens is 176 g/mol. The molecule has 0 rings (SSSR count). The van der Waals surface area contributed by atoms with E-state index in [-0.39, 0.29) is 6.10 Å². The monoisotopic (exact) mass is 202 g/mol. The van der Waals surface area contributed by atoms with Crippen molar-refractivity contribution in [3.05, 3.63) is 0 Å². The van der Waals surface area contributed by atoms with Crippen LogP contribution in [0.15, 0.2) is 0 Å². The minimum Gasteiger partial charge on any atom is -0.393 e. The summed E-state index contributed by atoms with van der Waals surface area (Å²) in [5.74, 6) is 0. The summed E-state index contributed by atoms with van der Waals surface area (Å²) in [7, 11) is 4.09. The first-order chi connectivity index (χ1) is 6.37. The molecule has 0 aromatic carbocycles. The second kappa shape index (κ2) is 6.38. The van der Waals surface area contributed by atoms with Crippen LogP contribution in [-0.4, -0.2) is 49.8 Å². The number of hydrogen-bond donors (Lipinski definition) is 2. The molecule has 2 N–H and O–H groups in total. The van der Waals surface area contributed by atoms with Gasteiger partial charge in [-0.25, -0.2) is 0 Å². The van der Waals surface area contributed by atoms with Gasteiger partial charge in [0.2, 0.25) is 0 Å². The maximum Gasteiger partial charge on any atom is 0.0524 e. The van der Waals surface area contributed by atoms with E-state index in [0.29, 0.717) is 5.41 Å². The van der Waals surface area contributed by atoms with Crippen LogP contribution in [0.5, 0.6) is 0 Å². The Bertz CT molecular complexity index is 146. The smallest absolute Gasteiger partial charge is 0.0524 e. The molecule has 0 amide bonds. The number of aliphatic hydroxyl groups is 1. The van der Waals surface area contributed by atoms with Crippen molar-refractivity contribution in [2.24, 2.45) is 5.41 Å². The van der Waals surface area contributed by atoms with E-state index < -0.39 is 0 Å². The molecule has 0 aliphatic heterocycles. The Morgan fingerprint density at radius 3 is 2.43 bits per heavy atom. The van der Waals surface area contributed by atoms with Gasteiger partial charge < -0.3 is 15.3 Å². The van der Waals surface area contributed by atoms with E-state index in [1.165, 1.54) is 0 Å². The van der Waals surface area contributed by atoms with Crippen molar-refractivity contribution >= 4 is 0 Å². The Hall–Kier alpha value is -0.120. The molecule has 0 aliphatic carbocycles. The van der Waals surface area contributed by atoms with Crippen molar-refractivity contribution in [3.63, 3.8) is 0 Å². The van der Waals surface area contributed by atoms with Gasteiger partial charge in [0.1, 0.15) is 0 Å². The van der Waals surface area contributed by atoms with E-state index >= 15 is 0 Å². The number of aliphatic hydroxyl groups excluding tert-OH is 1. The number of hydrogen-bond acceptors (Lipinski definition) is 3. The first-order valence-electron chi connectivity index (χ1n) is 5.38. The number of nitrogens with one attached hydrogen (secondary N) is 1. The molecule has 0 fully saturated rings. The third-order valence-corrected chi connectivity index (χ3v) is 2.28. The Morgan fingerprint density at radius 1 is 1.43 bits per heavy atom. The SMILES string of the molecule is CNCC(C)(C)CN(C)CCC(C)O. The first kappa shape index (κ1) is 13.9. The average Bonchev–Trinajstić information content (AvgIpc) is 1.99. The molecule has 0 spiro atoms. The van der Waals surface area contributed by atoms with Gasteiger partial charge in [-0.2, -0.15) is 0 Å². The molecular formula is C11H26N2O. The van der Waals surface area contributed by atoms with Crippen LogP contribution in [0.3, 0.4) is 0 Å². The normalized spacial score (nSPS) is 14.8. The van der Waals surface area contributed by atoms with Crippen molar-refractivity contribution in [1.82, 2.24) is 10.2 Å². The molecule has 86 valence electrons. The predicted molar refractivity (Wildman–Crippen MR) is 61.5 cm³/mol. The molecule has 0 aromatic rings. The molecule has 1 atom stereocenters. The predicted octanol–water partition coefficient (Wildman–Crippen LogP) is 0.935. The number of nitrogens with zero attached hydrogens (tertiary/aromatic N) is 1. The Balaban J connectivity index is 3.74. The first-order valence-corrected chi connectivity index (χ1v) is 5.38. The standard InChI is InChI=1S/C11H26N2O/c1-10(14)6-7-13(5)9-11(2,3)8-12-4/h10,12,14H,6-9H2,1-5H3. The summed E-state index contributed by atoms with van der Waals surface area (Å²) < 4.78 is 0. The van der Waals surface area contributed by atoms with E-state index in [1.54, 1.807) is 0 Å². The lowest BCUT2D eigenvalue weighted by Crippen LogP contribution is -2.38. The fraction of sp³-hybridized carbons (Fsp3) is 1.00. The molecule has 3 nitrogen and oxygen atoms in total. The second-order valence-electron chi connectivity index (χ2n) is 5.07. The van der Waals surface area contributed by atoms with Crippen molar-refractivity contribution in [2.75, 3.05) is 33.7 Å². The topological polar surface area (TPSA) is 35.5 Å². The second-order valence-corrected chi connectivity index (χ2v) is 5.07. The summed E-state index contributed by atoms with van der Waals surface area (Å²) in [6, 6.07) is 0. The molecule has 14 heavy (non-hydrogen) atoms. The summed E-state index contributed by atoms with van der Waals surface area (Å²) in [6.45, 7) is 9.38. The quantitative estimate of drug-likeness (QED) is 0.645. The van der Waals surface area contributed by atoms with Gasteiger partial charge in [0, 0.05) is 19.6 Å². The van der Waals surface area contributed by atoms with Crippen LogP contribution in [0.1, 0.15) is 27.2 Å². The average molecular weight is 202 g/mol. The summed E-state index contributed by atoms with van der Waals surface area (Å²) in [5, 5.41) is 12.4. The van der Waals surface area contributed by atoms with Crippen LogP contribution in [0.25, 0.3) is 0 Å². The van der Waals surface area contributed by atoms with Gasteiger partial charge in [-0.1, -0.05) is 13.8 Å². The Kier molecular flexibility index (Phi) is 6.33. The molecule has 3 heteroatoms. The summed E-state index contributed by atoms with van der Waals surface area (Å²) in [4.78, 5) is 2.28. The summed E-state index contributed by atoms with van der Waals surface area (Å²) in [6.07, 6.45) is 0.663. The maximum absolute atomic E-state index is 9.16. The fourth-order valence-corrected chi connectivity index (χ4v) is 1.75. The largest absolute Gasteiger partial charge is 0.393 e. The van der Waals surface area contributed by atoms with Crippen molar-refractivity contribution in [1.29, 1.82) is 0 Å². The summed E-state index contributed by atoms with van der Waals surface area (Å²) >= 11 is 0. The van der Waals surface area contributed by atoms with Gasteiger partial charge in [-0.05, 0) is 32.9 Å². The van der Waals surface area contributed by atoms with Gasteiger partial charge in [0.25, 0.3) is 0 Å². The molecule has 0 radical (unpaired) electrons. The third kappa shape index (κ3) is 7.30. The van der Waals surface area contributed by atoms with Gasteiger partial charge in [-0.3, -0.25) is 0 Å². The van der Waals surface area contributed by atoms with E-state index in [2.05, 4.69) is 31.1 Å².